The predicted octanol–water partition coefficient (Wildman–Crippen LogP) is 5.43. The van der Waals surface area contributed by atoms with Crippen LogP contribution in [0, 0.1) is 13.8 Å². The van der Waals surface area contributed by atoms with Gasteiger partial charge in [0, 0.05) is 32.7 Å². The molecule has 0 unspecified atom stereocenters. The van der Waals surface area contributed by atoms with Crippen LogP contribution in [0.4, 0.5) is 0 Å². The molecule has 7 heteroatoms. The zero-order valence-electron chi connectivity index (χ0n) is 23.7. The Labute approximate surface area is 243 Å². The first-order valence-electron chi connectivity index (χ1n) is 14.1. The summed E-state index contributed by atoms with van der Waals surface area (Å²) in [6.07, 6.45) is 0. The van der Waals surface area contributed by atoms with E-state index in [0.717, 1.165) is 16.7 Å². The van der Waals surface area contributed by atoms with Gasteiger partial charge in [0.05, 0.1) is 17.5 Å². The number of carbonyl (C=O) groups is 1. The number of hydrogen-bond donors (Lipinski definition) is 0. The van der Waals surface area contributed by atoms with E-state index in [1.54, 1.807) is 29.2 Å². The molecule has 1 fully saturated rings. The highest BCUT2D eigenvalue weighted by Crippen LogP contribution is 2.29. The molecule has 1 aliphatic heterocycles. The number of amides is 1. The van der Waals surface area contributed by atoms with Crippen molar-refractivity contribution in [2.75, 3.05) is 32.7 Å². The van der Waals surface area contributed by atoms with Crippen LogP contribution < -0.4 is 0 Å². The van der Waals surface area contributed by atoms with E-state index < -0.39 is 10.0 Å². The van der Waals surface area contributed by atoms with Gasteiger partial charge in [0.15, 0.2) is 0 Å². The number of sulfonamides is 1. The molecule has 1 saturated heterocycles. The van der Waals surface area contributed by atoms with Gasteiger partial charge < -0.3 is 4.90 Å². The van der Waals surface area contributed by atoms with E-state index >= 15 is 0 Å². The Morgan fingerprint density at radius 2 is 1.20 bits per heavy atom. The Hall–Kier alpha value is -3.78. The number of hydrogen-bond acceptors (Lipinski definition) is 4. The van der Waals surface area contributed by atoms with Gasteiger partial charge in [-0.1, -0.05) is 108 Å². The fraction of sp³-hybridized carbons (Fsp3) is 0.265. The molecule has 0 saturated carbocycles. The van der Waals surface area contributed by atoms with E-state index in [2.05, 4.69) is 53.4 Å². The van der Waals surface area contributed by atoms with E-state index in [1.165, 1.54) is 15.4 Å². The van der Waals surface area contributed by atoms with Crippen molar-refractivity contribution < 1.29 is 13.2 Å². The van der Waals surface area contributed by atoms with Crippen LogP contribution in [-0.2, 0) is 21.4 Å². The van der Waals surface area contributed by atoms with E-state index in [-0.39, 0.29) is 29.9 Å². The minimum Gasteiger partial charge on any atom is -0.339 e. The lowest BCUT2D eigenvalue weighted by Gasteiger charge is -2.40. The van der Waals surface area contributed by atoms with Gasteiger partial charge >= 0.3 is 0 Å². The fourth-order valence-electron chi connectivity index (χ4n) is 5.35. The molecule has 0 N–H and O–H groups in total. The average molecular weight is 568 g/mol. The van der Waals surface area contributed by atoms with Crippen LogP contribution in [0.3, 0.4) is 0 Å². The maximum absolute atomic E-state index is 13.7. The van der Waals surface area contributed by atoms with Crippen LogP contribution in [0.25, 0.3) is 0 Å². The first kappa shape index (κ1) is 28.7. The lowest BCUT2D eigenvalue weighted by molar-refractivity contribution is -0.133. The molecule has 0 bridgehead atoms. The normalized spacial score (nSPS) is 14.5. The van der Waals surface area contributed by atoms with Crippen molar-refractivity contribution in [2.45, 2.75) is 31.3 Å². The van der Waals surface area contributed by atoms with Gasteiger partial charge in [-0.15, -0.1) is 0 Å². The molecule has 4 aromatic rings. The molecule has 41 heavy (non-hydrogen) atoms. The van der Waals surface area contributed by atoms with E-state index in [9.17, 15) is 13.2 Å². The van der Waals surface area contributed by atoms with Gasteiger partial charge in [0.2, 0.25) is 15.9 Å². The number of carbonyl (C=O) groups excluding carboxylic acids is 1. The second-order valence-electron chi connectivity index (χ2n) is 10.7. The molecule has 1 aliphatic rings. The number of nitrogens with zero attached hydrogens (tertiary/aromatic N) is 3. The van der Waals surface area contributed by atoms with Crippen LogP contribution in [0.2, 0.25) is 0 Å². The van der Waals surface area contributed by atoms with E-state index in [4.69, 9.17) is 0 Å². The van der Waals surface area contributed by atoms with Crippen molar-refractivity contribution >= 4 is 15.9 Å². The highest BCUT2D eigenvalue weighted by Gasteiger charge is 2.32. The van der Waals surface area contributed by atoms with Crippen LogP contribution in [0.15, 0.2) is 114 Å². The molecule has 1 heterocycles. The second kappa shape index (κ2) is 12.8. The molecular formula is C34H37N3O3S. The molecule has 0 aliphatic carbocycles. The summed E-state index contributed by atoms with van der Waals surface area (Å²) in [4.78, 5) is 18.0. The SMILES string of the molecule is Cc1ccc(CN(CC(=O)N2CCN(C(c3ccccc3)c3ccccc3)CC2)S(=O)(=O)c2ccc(C)cc2)cc1. The summed E-state index contributed by atoms with van der Waals surface area (Å²) in [7, 11) is -3.88. The third kappa shape index (κ3) is 6.93. The molecule has 4 aromatic carbocycles. The summed E-state index contributed by atoms with van der Waals surface area (Å²) in [6, 6.07) is 35.5. The highest BCUT2D eigenvalue weighted by molar-refractivity contribution is 7.89. The van der Waals surface area contributed by atoms with E-state index in [0.29, 0.717) is 26.2 Å². The van der Waals surface area contributed by atoms with Gasteiger partial charge in [-0.25, -0.2) is 8.42 Å². The number of aryl methyl sites for hydroxylation is 2. The van der Waals surface area contributed by atoms with Crippen LogP contribution >= 0.6 is 0 Å². The lowest BCUT2D eigenvalue weighted by atomic mass is 9.96. The van der Waals surface area contributed by atoms with Crippen LogP contribution in [-0.4, -0.2) is 61.2 Å². The van der Waals surface area contributed by atoms with Gasteiger partial charge in [-0.3, -0.25) is 9.69 Å². The highest BCUT2D eigenvalue weighted by atomic mass is 32.2. The Balaban J connectivity index is 1.32. The molecule has 5 rings (SSSR count). The Morgan fingerprint density at radius 3 is 1.71 bits per heavy atom. The number of rotatable bonds is 9. The summed E-state index contributed by atoms with van der Waals surface area (Å²) in [5, 5.41) is 0. The van der Waals surface area contributed by atoms with Crippen LogP contribution in [0.1, 0.15) is 33.9 Å². The van der Waals surface area contributed by atoms with Crippen molar-refractivity contribution in [3.8, 4) is 0 Å². The summed E-state index contributed by atoms with van der Waals surface area (Å²) >= 11 is 0. The topological polar surface area (TPSA) is 60.9 Å². The fourth-order valence-corrected chi connectivity index (χ4v) is 6.73. The maximum Gasteiger partial charge on any atom is 0.243 e. The molecule has 212 valence electrons. The minimum absolute atomic E-state index is 0.0922. The predicted molar refractivity (Wildman–Crippen MR) is 163 cm³/mol. The first-order chi connectivity index (χ1) is 19.8. The molecular weight excluding hydrogens is 530 g/mol. The zero-order valence-corrected chi connectivity index (χ0v) is 24.5. The Bertz CT molecular complexity index is 1490. The van der Waals surface area contributed by atoms with Crippen molar-refractivity contribution in [1.82, 2.24) is 14.1 Å². The molecule has 0 atom stereocenters. The lowest BCUT2D eigenvalue weighted by Crippen LogP contribution is -2.52. The molecule has 0 spiro atoms. The maximum atomic E-state index is 13.7. The smallest absolute Gasteiger partial charge is 0.243 e. The first-order valence-corrected chi connectivity index (χ1v) is 15.5. The molecule has 1 amide bonds. The van der Waals surface area contributed by atoms with Crippen molar-refractivity contribution in [1.29, 1.82) is 0 Å². The number of piperazine rings is 1. The van der Waals surface area contributed by atoms with Gasteiger partial charge in [0.25, 0.3) is 0 Å². The third-order valence-electron chi connectivity index (χ3n) is 7.71. The standard InChI is InChI=1S/C34H37N3O3S/c1-27-13-17-29(18-14-27)25-37(41(39,40)32-19-15-28(2)16-20-32)26-33(38)35-21-23-36(24-22-35)34(30-9-5-3-6-10-30)31-11-7-4-8-12-31/h3-20,34H,21-26H2,1-2H3. The monoisotopic (exact) mass is 567 g/mol. The van der Waals surface area contributed by atoms with Crippen molar-refractivity contribution in [3.63, 3.8) is 0 Å². The Morgan fingerprint density at radius 1 is 0.707 bits per heavy atom. The minimum atomic E-state index is -3.88. The second-order valence-corrected chi connectivity index (χ2v) is 12.7. The molecule has 6 nitrogen and oxygen atoms in total. The average Bonchev–Trinajstić information content (AvgIpc) is 3.00. The zero-order chi connectivity index (χ0) is 28.8. The van der Waals surface area contributed by atoms with Crippen LogP contribution in [0.5, 0.6) is 0 Å². The van der Waals surface area contributed by atoms with Gasteiger partial charge in [-0.05, 0) is 42.7 Å². The third-order valence-corrected chi connectivity index (χ3v) is 9.52. The van der Waals surface area contributed by atoms with Gasteiger partial charge in [0.1, 0.15) is 0 Å². The molecule has 0 radical (unpaired) electrons. The van der Waals surface area contributed by atoms with Crippen molar-refractivity contribution in [2.24, 2.45) is 0 Å². The number of benzene rings is 4. The summed E-state index contributed by atoms with van der Waals surface area (Å²) in [5.74, 6) is -0.177. The summed E-state index contributed by atoms with van der Waals surface area (Å²) in [6.45, 7) is 6.32. The van der Waals surface area contributed by atoms with Gasteiger partial charge in [-0.2, -0.15) is 4.31 Å². The molecule has 0 aromatic heterocycles. The van der Waals surface area contributed by atoms with E-state index in [1.807, 2.05) is 50.2 Å². The summed E-state index contributed by atoms with van der Waals surface area (Å²) in [5.41, 5.74) is 5.35. The quantitative estimate of drug-likeness (QED) is 0.271. The van der Waals surface area contributed by atoms with Crippen molar-refractivity contribution in [3.05, 3.63) is 137 Å². The summed E-state index contributed by atoms with van der Waals surface area (Å²) < 4.78 is 28.8. The largest absolute Gasteiger partial charge is 0.339 e. The Kier molecular flexibility index (Phi) is 8.98.